The Balaban J connectivity index is 2.01. The summed E-state index contributed by atoms with van der Waals surface area (Å²) in [5, 5.41) is 15.2. The molecule has 12 N–H and O–H groups in total. The lowest BCUT2D eigenvalue weighted by Crippen LogP contribution is -2.23. The highest BCUT2D eigenvalue weighted by molar-refractivity contribution is 7.99. The molecule has 13 nitrogen and oxygen atoms in total. The molecule has 0 bridgehead atoms. The zero-order valence-corrected chi connectivity index (χ0v) is 43.2. The average Bonchev–Trinajstić information content (AvgIpc) is 3.23. The molecule has 3 rings (SSSR count). The third kappa shape index (κ3) is 20.5. The van der Waals surface area contributed by atoms with E-state index in [2.05, 4.69) is 75.8 Å². The van der Waals surface area contributed by atoms with Gasteiger partial charge < -0.3 is 34.1 Å². The first kappa shape index (κ1) is 57.0. The molecule has 0 saturated heterocycles. The number of carbonyl (C=O) groups excluding carboxylic acids is 4. The summed E-state index contributed by atoms with van der Waals surface area (Å²) in [5.74, 6) is 1.07. The number of unbranched alkanes of at least 4 members (excludes halogenated alkanes) is 4. The third-order valence-corrected chi connectivity index (χ3v) is 13.8. The number of aliphatic imine (C=N–C) groups is 2. The van der Waals surface area contributed by atoms with Crippen LogP contribution in [0.15, 0.2) is 68.3 Å². The monoisotopic (exact) mass is 968 g/mol. The lowest BCUT2D eigenvalue weighted by Gasteiger charge is -2.24. The van der Waals surface area contributed by atoms with E-state index >= 15 is 0 Å². The molecule has 0 heterocycles. The largest absolute Gasteiger partial charge is 0.388 e. The second-order valence-electron chi connectivity index (χ2n) is 19.7. The van der Waals surface area contributed by atoms with Crippen molar-refractivity contribution in [2.45, 2.75) is 159 Å². The standard InChI is InChI=1S/C53H77N9O4S2/c1-34(54)15-10-8-11-18-43(63)30-37-26-41(52(2,3)4)28-39(48(37)67-23-21-61-50(57)58)32-45(65)35-16-14-17-36(25-35)46(66)33-40-29-42(53(5,6)7)27-38(49(40)68-24-22-62-51(59)60)31-44(64)19-12-9-13-20-47(55)56/h14,16-17,25-29,54H,8-13,15,18-24,30-33H2,1-7H3,(H3,55,56)(H4,57,58,61)(H4,59,60,62). The van der Waals surface area contributed by atoms with Gasteiger partial charge in [0.2, 0.25) is 0 Å². The van der Waals surface area contributed by atoms with E-state index in [0.29, 0.717) is 67.1 Å². The van der Waals surface area contributed by atoms with Crippen LogP contribution in [0.3, 0.4) is 0 Å². The fourth-order valence-electron chi connectivity index (χ4n) is 7.64. The van der Waals surface area contributed by atoms with Crippen molar-refractivity contribution in [3.8, 4) is 0 Å². The predicted octanol–water partition coefficient (Wildman–Crippen LogP) is 8.96. The maximum atomic E-state index is 14.4. The Bertz CT molecular complexity index is 2160. The van der Waals surface area contributed by atoms with Gasteiger partial charge in [-0.3, -0.25) is 34.6 Å². The number of ketones is 4. The lowest BCUT2D eigenvalue weighted by molar-refractivity contribution is -0.119. The normalized spacial score (nSPS) is 11.5. The summed E-state index contributed by atoms with van der Waals surface area (Å²) in [6, 6.07) is 15.2. The second kappa shape index (κ2) is 27.6. The molecule has 0 fully saturated rings. The Kier molecular flexibility index (Phi) is 23.2. The number of hydrogen-bond acceptors (Lipinski definition) is 10. The van der Waals surface area contributed by atoms with E-state index in [4.69, 9.17) is 39.5 Å². The van der Waals surface area contributed by atoms with Crippen molar-refractivity contribution >= 4 is 70.1 Å². The summed E-state index contributed by atoms with van der Waals surface area (Å²) in [6.07, 6.45) is 7.40. The smallest absolute Gasteiger partial charge is 0.185 e. The van der Waals surface area contributed by atoms with Gasteiger partial charge >= 0.3 is 0 Å². The highest BCUT2D eigenvalue weighted by Gasteiger charge is 2.25. The molecule has 3 aromatic rings. The topological polar surface area (TPSA) is 271 Å². The highest BCUT2D eigenvalue weighted by Crippen LogP contribution is 2.37. The summed E-state index contributed by atoms with van der Waals surface area (Å²) < 4.78 is 0. The van der Waals surface area contributed by atoms with Crippen molar-refractivity contribution < 1.29 is 19.2 Å². The van der Waals surface area contributed by atoms with Gasteiger partial charge in [-0.2, -0.15) is 0 Å². The van der Waals surface area contributed by atoms with Crippen molar-refractivity contribution in [2.24, 2.45) is 38.7 Å². The highest BCUT2D eigenvalue weighted by atomic mass is 32.2. The van der Waals surface area contributed by atoms with Crippen LogP contribution >= 0.6 is 23.5 Å². The first-order chi connectivity index (χ1) is 31.9. The molecule has 0 aromatic heterocycles. The fraction of sp³-hybridized carbons (Fsp3) is 0.509. The van der Waals surface area contributed by atoms with Crippen LogP contribution in [0, 0.1) is 10.8 Å². The van der Waals surface area contributed by atoms with E-state index in [1.807, 2.05) is 0 Å². The van der Waals surface area contributed by atoms with E-state index in [-0.39, 0.29) is 77.4 Å². The van der Waals surface area contributed by atoms with E-state index in [0.717, 1.165) is 81.7 Å². The van der Waals surface area contributed by atoms with Crippen LogP contribution in [0.25, 0.3) is 0 Å². The number of amidine groups is 1. The van der Waals surface area contributed by atoms with Gasteiger partial charge in [0.05, 0.1) is 18.9 Å². The van der Waals surface area contributed by atoms with Gasteiger partial charge in [-0.25, -0.2) is 0 Å². The quantitative estimate of drug-likeness (QED) is 0.0109. The van der Waals surface area contributed by atoms with Crippen LogP contribution in [-0.4, -0.2) is 71.2 Å². The molecule has 0 unspecified atom stereocenters. The van der Waals surface area contributed by atoms with Crippen molar-refractivity contribution in [2.75, 3.05) is 24.6 Å². The van der Waals surface area contributed by atoms with Crippen LogP contribution in [0.5, 0.6) is 0 Å². The Morgan fingerprint density at radius 1 is 0.529 bits per heavy atom. The van der Waals surface area contributed by atoms with Crippen molar-refractivity contribution in [1.82, 2.24) is 0 Å². The van der Waals surface area contributed by atoms with E-state index in [1.165, 1.54) is 23.5 Å². The van der Waals surface area contributed by atoms with E-state index in [1.54, 1.807) is 31.2 Å². The number of hydrogen-bond donors (Lipinski definition) is 7. The summed E-state index contributed by atoms with van der Waals surface area (Å²) in [7, 11) is 0. The maximum absolute atomic E-state index is 14.4. The molecule has 0 saturated carbocycles. The summed E-state index contributed by atoms with van der Waals surface area (Å²) in [6.45, 7) is 15.2. The molecule has 0 amide bonds. The summed E-state index contributed by atoms with van der Waals surface area (Å²) in [4.78, 5) is 65.9. The summed E-state index contributed by atoms with van der Waals surface area (Å²) in [5.41, 5.74) is 34.3. The molecular formula is C53H77N9O4S2. The summed E-state index contributed by atoms with van der Waals surface area (Å²) >= 11 is 3.05. The molecule has 3 aromatic carbocycles. The van der Waals surface area contributed by atoms with E-state index in [9.17, 15) is 19.2 Å². The maximum Gasteiger partial charge on any atom is 0.185 e. The molecule has 68 heavy (non-hydrogen) atoms. The van der Waals surface area contributed by atoms with Gasteiger partial charge in [-0.05, 0) is 89.3 Å². The molecular weight excluding hydrogens is 891 g/mol. The number of nitrogens with two attached hydrogens (primary N) is 5. The second-order valence-corrected chi connectivity index (χ2v) is 21.9. The molecule has 0 aliphatic heterocycles. The number of rotatable bonds is 30. The number of thioether (sulfide) groups is 2. The number of Topliss-reactive ketones (excluding diaryl/α,β-unsaturated/α-hetero) is 4. The minimum Gasteiger partial charge on any atom is -0.388 e. The fourth-order valence-corrected chi connectivity index (χ4v) is 9.68. The first-order valence-corrected chi connectivity index (χ1v) is 25.7. The predicted molar refractivity (Wildman–Crippen MR) is 285 cm³/mol. The van der Waals surface area contributed by atoms with Crippen LogP contribution in [0.4, 0.5) is 0 Å². The van der Waals surface area contributed by atoms with Gasteiger partial charge in [0.25, 0.3) is 0 Å². The number of benzene rings is 3. The van der Waals surface area contributed by atoms with Crippen molar-refractivity contribution in [3.05, 3.63) is 93.0 Å². The minimum absolute atomic E-state index is 0.00733. The van der Waals surface area contributed by atoms with Gasteiger partial charge in [0.15, 0.2) is 23.5 Å². The first-order valence-electron chi connectivity index (χ1n) is 23.7. The zero-order chi connectivity index (χ0) is 50.6. The molecule has 0 atom stereocenters. The Morgan fingerprint density at radius 2 is 0.897 bits per heavy atom. The minimum atomic E-state index is -0.281. The van der Waals surface area contributed by atoms with E-state index < -0.39 is 0 Å². The van der Waals surface area contributed by atoms with Gasteiger partial charge in [0, 0.05) is 83.1 Å². The van der Waals surface area contributed by atoms with Gasteiger partial charge in [0.1, 0.15) is 11.6 Å². The lowest BCUT2D eigenvalue weighted by atomic mass is 9.83. The van der Waals surface area contributed by atoms with Crippen molar-refractivity contribution in [1.29, 1.82) is 10.8 Å². The average molecular weight is 968 g/mol. The Morgan fingerprint density at radius 3 is 1.25 bits per heavy atom. The van der Waals surface area contributed by atoms with Gasteiger partial charge in [-0.1, -0.05) is 96.8 Å². The molecule has 0 spiro atoms. The Labute approximate surface area is 413 Å². The molecule has 15 heteroatoms. The Hall–Kier alpha value is -5.28. The number of carbonyl (C=O) groups is 4. The van der Waals surface area contributed by atoms with Crippen LogP contribution in [-0.2, 0) is 46.1 Å². The molecule has 0 aliphatic rings. The van der Waals surface area contributed by atoms with Crippen molar-refractivity contribution in [3.63, 3.8) is 0 Å². The number of nitrogens with zero attached hydrogens (tertiary/aromatic N) is 2. The number of guanidine groups is 2. The SMILES string of the molecule is CC(=N)CCCCCC(=O)Cc1cc(C(C)(C)C)cc(CC(=O)c2cccc(C(=O)Cc3cc(C(C)(C)C)cc(CC(=O)CCCCCC(=N)N)c3SCCN=C(N)N)c2)c1SCCN=C(N)N. The van der Waals surface area contributed by atoms with Gasteiger partial charge in [-0.15, -0.1) is 23.5 Å². The van der Waals surface area contributed by atoms with Crippen LogP contribution < -0.4 is 28.7 Å². The number of nitrogens with one attached hydrogen (secondary N) is 2. The molecule has 370 valence electrons. The molecule has 0 radical (unpaired) electrons. The zero-order valence-electron chi connectivity index (χ0n) is 41.6. The molecule has 0 aliphatic carbocycles. The van der Waals surface area contributed by atoms with Crippen LogP contribution in [0.2, 0.25) is 0 Å². The van der Waals surface area contributed by atoms with Crippen LogP contribution in [0.1, 0.15) is 167 Å². The third-order valence-electron chi connectivity index (χ3n) is 11.4.